The number of nitro benzene ring substituents is 1. The Morgan fingerprint density at radius 1 is 1.17 bits per heavy atom. The van der Waals surface area contributed by atoms with E-state index in [1.165, 1.54) is 12.1 Å². The molecule has 0 fully saturated rings. The van der Waals surface area contributed by atoms with Crippen molar-refractivity contribution in [3.63, 3.8) is 0 Å². The van der Waals surface area contributed by atoms with Crippen LogP contribution in [0.3, 0.4) is 0 Å². The molecule has 2 amide bonds. The number of nitrogens with zero attached hydrogens (tertiary/aromatic N) is 3. The molecule has 1 aromatic heterocycles. The van der Waals surface area contributed by atoms with E-state index in [9.17, 15) is 19.7 Å². The van der Waals surface area contributed by atoms with Crippen molar-refractivity contribution in [1.82, 2.24) is 15.5 Å². The van der Waals surface area contributed by atoms with Crippen LogP contribution in [0.2, 0.25) is 5.02 Å². The monoisotopic (exact) mass is 429 g/mol. The van der Waals surface area contributed by atoms with Crippen molar-refractivity contribution in [2.45, 2.75) is 13.3 Å². The minimum absolute atomic E-state index is 0.0456. The summed E-state index contributed by atoms with van der Waals surface area (Å²) in [5.74, 6) is -0.0927. The molecule has 0 spiro atoms. The Kier molecular flexibility index (Phi) is 6.38. The van der Waals surface area contributed by atoms with Crippen molar-refractivity contribution >= 4 is 34.8 Å². The summed E-state index contributed by atoms with van der Waals surface area (Å²) >= 11 is 6.00. The zero-order valence-corrected chi connectivity index (χ0v) is 16.5. The number of para-hydroxylation sites is 1. The number of non-ortho nitro benzene ring substituents is 1. The highest BCUT2D eigenvalue weighted by molar-refractivity contribution is 6.34. The molecule has 0 radical (unpaired) electrons. The fraction of sp³-hybridized carbons (Fsp3) is 0.158. The second kappa shape index (κ2) is 9.14. The lowest BCUT2D eigenvalue weighted by atomic mass is 10.1. The average molecular weight is 430 g/mol. The average Bonchev–Trinajstić information content (AvgIpc) is 3.13. The van der Waals surface area contributed by atoms with Crippen LogP contribution in [0.5, 0.6) is 0 Å². The molecular weight excluding hydrogens is 414 g/mol. The largest absolute Gasteiger partial charge is 0.351 e. The van der Waals surface area contributed by atoms with Gasteiger partial charge in [0.2, 0.25) is 5.89 Å². The smallest absolute Gasteiger partial charge is 0.270 e. The molecule has 2 aromatic carbocycles. The number of carbonyl (C=O) groups excluding carboxylic acids is 2. The number of aryl methyl sites for hydroxylation is 1. The molecular formula is C19H16ClN5O5. The first-order chi connectivity index (χ1) is 14.3. The highest BCUT2D eigenvalue weighted by atomic mass is 35.5. The van der Waals surface area contributed by atoms with Gasteiger partial charge in [0, 0.05) is 25.1 Å². The van der Waals surface area contributed by atoms with Gasteiger partial charge in [0.15, 0.2) is 5.82 Å². The Balaban J connectivity index is 1.69. The van der Waals surface area contributed by atoms with E-state index in [0.29, 0.717) is 18.1 Å². The molecule has 1 heterocycles. The number of hydrogen-bond acceptors (Lipinski definition) is 7. The lowest BCUT2D eigenvalue weighted by Gasteiger charge is -2.12. The van der Waals surface area contributed by atoms with Gasteiger partial charge in [-0.15, -0.1) is 0 Å². The van der Waals surface area contributed by atoms with E-state index in [-0.39, 0.29) is 34.1 Å². The molecule has 0 saturated heterocycles. The Hall–Kier alpha value is -3.79. The summed E-state index contributed by atoms with van der Waals surface area (Å²) in [4.78, 5) is 39.4. The van der Waals surface area contributed by atoms with E-state index in [2.05, 4.69) is 20.8 Å². The Labute approximate surface area is 175 Å². The van der Waals surface area contributed by atoms with Gasteiger partial charge in [0.05, 0.1) is 26.8 Å². The maximum absolute atomic E-state index is 12.6. The maximum atomic E-state index is 12.6. The molecule has 11 heteroatoms. The molecule has 3 rings (SSSR count). The fourth-order valence-electron chi connectivity index (χ4n) is 2.60. The first kappa shape index (κ1) is 20.9. The lowest BCUT2D eigenvalue weighted by Crippen LogP contribution is -2.27. The summed E-state index contributed by atoms with van der Waals surface area (Å²) in [6, 6.07) is 9.96. The third-order valence-electron chi connectivity index (χ3n) is 4.02. The number of anilines is 1. The Morgan fingerprint density at radius 3 is 2.60 bits per heavy atom. The first-order valence-electron chi connectivity index (χ1n) is 8.77. The van der Waals surface area contributed by atoms with Gasteiger partial charge in [-0.1, -0.05) is 28.9 Å². The van der Waals surface area contributed by atoms with Gasteiger partial charge in [-0.25, -0.2) is 0 Å². The first-order valence-corrected chi connectivity index (χ1v) is 9.14. The minimum atomic E-state index is -0.608. The van der Waals surface area contributed by atoms with Crippen LogP contribution in [-0.4, -0.2) is 33.4 Å². The number of amides is 2. The van der Waals surface area contributed by atoms with Crippen LogP contribution < -0.4 is 10.6 Å². The van der Waals surface area contributed by atoms with Gasteiger partial charge in [-0.05, 0) is 25.1 Å². The number of benzene rings is 2. The maximum Gasteiger partial charge on any atom is 0.270 e. The van der Waals surface area contributed by atoms with Crippen LogP contribution in [0.25, 0.3) is 0 Å². The molecule has 3 aromatic rings. The highest BCUT2D eigenvalue weighted by Gasteiger charge is 2.18. The SMILES string of the molecule is Cc1noc(CCNC(=O)c2ccccc2NC(=O)c2ccc([N+](=O)[O-])cc2Cl)n1. The van der Waals surface area contributed by atoms with Crippen LogP contribution in [0, 0.1) is 17.0 Å². The molecule has 0 aliphatic heterocycles. The van der Waals surface area contributed by atoms with Crippen molar-refractivity contribution in [3.05, 3.63) is 80.4 Å². The zero-order valence-electron chi connectivity index (χ0n) is 15.7. The second-order valence-electron chi connectivity index (χ2n) is 6.16. The van der Waals surface area contributed by atoms with E-state index in [0.717, 1.165) is 6.07 Å². The molecule has 0 bridgehead atoms. The molecule has 0 aliphatic rings. The molecule has 30 heavy (non-hydrogen) atoms. The van der Waals surface area contributed by atoms with E-state index < -0.39 is 16.7 Å². The molecule has 10 nitrogen and oxygen atoms in total. The number of nitrogens with one attached hydrogen (secondary N) is 2. The molecule has 0 atom stereocenters. The molecule has 0 aliphatic carbocycles. The van der Waals surface area contributed by atoms with Crippen LogP contribution in [0.4, 0.5) is 11.4 Å². The standard InChI is InChI=1S/C19H16ClN5O5/c1-11-22-17(30-24-11)8-9-21-18(26)14-4-2-3-5-16(14)23-19(27)13-7-6-12(25(28)29)10-15(13)20/h2-7,10H,8-9H2,1H3,(H,21,26)(H,23,27). The van der Waals surface area contributed by atoms with Crippen LogP contribution in [-0.2, 0) is 6.42 Å². The summed E-state index contributed by atoms with van der Waals surface area (Å²) in [7, 11) is 0. The third kappa shape index (κ3) is 4.97. The van der Waals surface area contributed by atoms with Crippen molar-refractivity contribution < 1.29 is 19.0 Å². The highest BCUT2D eigenvalue weighted by Crippen LogP contribution is 2.24. The van der Waals surface area contributed by atoms with Gasteiger partial charge in [0.1, 0.15) is 0 Å². The quantitative estimate of drug-likeness (QED) is 0.434. The predicted octanol–water partition coefficient (Wildman–Crippen LogP) is 3.16. The van der Waals surface area contributed by atoms with Crippen LogP contribution in [0.1, 0.15) is 32.4 Å². The van der Waals surface area contributed by atoms with E-state index in [4.69, 9.17) is 16.1 Å². The molecule has 0 saturated carbocycles. The summed E-state index contributed by atoms with van der Waals surface area (Å²) in [5.41, 5.74) is 0.325. The van der Waals surface area contributed by atoms with Gasteiger partial charge in [-0.2, -0.15) is 4.98 Å². The summed E-state index contributed by atoms with van der Waals surface area (Å²) in [5, 5.41) is 19.8. The summed E-state index contributed by atoms with van der Waals surface area (Å²) in [6.45, 7) is 1.96. The Bertz CT molecular complexity index is 1110. The van der Waals surface area contributed by atoms with Crippen molar-refractivity contribution in [1.29, 1.82) is 0 Å². The summed E-state index contributed by atoms with van der Waals surface area (Å²) in [6.07, 6.45) is 0.361. The van der Waals surface area contributed by atoms with E-state index in [1.54, 1.807) is 31.2 Å². The number of carbonyl (C=O) groups is 2. The number of halogens is 1. The predicted molar refractivity (Wildman–Crippen MR) is 108 cm³/mol. The van der Waals surface area contributed by atoms with Crippen molar-refractivity contribution in [2.24, 2.45) is 0 Å². The van der Waals surface area contributed by atoms with Crippen LogP contribution in [0.15, 0.2) is 47.0 Å². The number of aromatic nitrogens is 2. The second-order valence-corrected chi connectivity index (χ2v) is 6.57. The number of nitro groups is 1. The normalized spacial score (nSPS) is 10.5. The van der Waals surface area contributed by atoms with Crippen molar-refractivity contribution in [2.75, 3.05) is 11.9 Å². The topological polar surface area (TPSA) is 140 Å². The lowest BCUT2D eigenvalue weighted by molar-refractivity contribution is -0.384. The van der Waals surface area contributed by atoms with Gasteiger partial charge in [0.25, 0.3) is 17.5 Å². The molecule has 0 unspecified atom stereocenters. The fourth-order valence-corrected chi connectivity index (χ4v) is 2.86. The number of hydrogen-bond donors (Lipinski definition) is 2. The van der Waals surface area contributed by atoms with Gasteiger partial charge in [-0.3, -0.25) is 19.7 Å². The van der Waals surface area contributed by atoms with Crippen molar-refractivity contribution in [3.8, 4) is 0 Å². The molecule has 2 N–H and O–H groups in total. The van der Waals surface area contributed by atoms with Crippen LogP contribution >= 0.6 is 11.6 Å². The van der Waals surface area contributed by atoms with Gasteiger partial charge >= 0.3 is 0 Å². The number of rotatable bonds is 7. The van der Waals surface area contributed by atoms with E-state index in [1.807, 2.05) is 0 Å². The molecule has 154 valence electrons. The van der Waals surface area contributed by atoms with E-state index >= 15 is 0 Å². The van der Waals surface area contributed by atoms with Gasteiger partial charge < -0.3 is 15.2 Å². The summed E-state index contributed by atoms with van der Waals surface area (Å²) < 4.78 is 4.99. The Morgan fingerprint density at radius 2 is 1.93 bits per heavy atom. The minimum Gasteiger partial charge on any atom is -0.351 e. The third-order valence-corrected chi connectivity index (χ3v) is 4.33. The zero-order chi connectivity index (χ0) is 21.7.